The largest absolute Gasteiger partial charge is 0.392 e. The molecule has 1 heterocycles. The Bertz CT molecular complexity index is 355. The Kier molecular flexibility index (Phi) is 8.08. The molecule has 1 saturated carbocycles. The predicted molar refractivity (Wildman–Crippen MR) is 94.3 cm³/mol. The van der Waals surface area contributed by atoms with E-state index in [4.69, 9.17) is 4.74 Å². The van der Waals surface area contributed by atoms with Gasteiger partial charge in [0, 0.05) is 12.3 Å². The summed E-state index contributed by atoms with van der Waals surface area (Å²) in [5, 5.41) is 20.4. The predicted octanol–water partition coefficient (Wildman–Crippen LogP) is 4.22. The molecule has 0 aromatic carbocycles. The summed E-state index contributed by atoms with van der Waals surface area (Å²) in [7, 11) is 0. The quantitative estimate of drug-likeness (QED) is 0.467. The molecule has 2 N–H and O–H groups in total. The highest BCUT2D eigenvalue weighted by atomic mass is 16.5. The summed E-state index contributed by atoms with van der Waals surface area (Å²) >= 11 is 0. The average molecular weight is 325 g/mol. The second-order valence-corrected chi connectivity index (χ2v) is 7.52. The van der Waals surface area contributed by atoms with Gasteiger partial charge in [0.15, 0.2) is 0 Å². The van der Waals surface area contributed by atoms with Crippen LogP contribution in [0, 0.1) is 11.8 Å². The zero-order chi connectivity index (χ0) is 16.7. The van der Waals surface area contributed by atoms with Crippen LogP contribution in [0.1, 0.15) is 78.1 Å². The van der Waals surface area contributed by atoms with E-state index < -0.39 is 0 Å². The lowest BCUT2D eigenvalue weighted by atomic mass is 9.89. The van der Waals surface area contributed by atoms with Gasteiger partial charge in [-0.25, -0.2) is 0 Å². The molecule has 1 aliphatic heterocycles. The Morgan fingerprint density at radius 3 is 2.57 bits per heavy atom. The van der Waals surface area contributed by atoms with Gasteiger partial charge in [-0.2, -0.15) is 0 Å². The van der Waals surface area contributed by atoms with Crippen LogP contribution in [-0.2, 0) is 4.74 Å². The lowest BCUT2D eigenvalue weighted by Gasteiger charge is -2.18. The Morgan fingerprint density at radius 1 is 1.09 bits per heavy atom. The van der Waals surface area contributed by atoms with Crippen molar-refractivity contribution in [3.8, 4) is 0 Å². The third-order valence-corrected chi connectivity index (χ3v) is 5.58. The van der Waals surface area contributed by atoms with Crippen molar-refractivity contribution in [3.05, 3.63) is 12.2 Å². The molecule has 1 aliphatic carbocycles. The standard InChI is InChI=1S/C20H36O3/c1-3-5-7-9-15(21)11-12-17-18-13-16(10-8-6-4-2)23-20(18)14-19(17)22/h11-12,15-22H,3-10,13-14H2,1-2H3/t15-,16-,17+,18+,19+,20-/m0/s1. The Labute approximate surface area is 142 Å². The van der Waals surface area contributed by atoms with E-state index in [-0.39, 0.29) is 24.2 Å². The van der Waals surface area contributed by atoms with Gasteiger partial charge in [-0.05, 0) is 25.2 Å². The number of ether oxygens (including phenoxy) is 1. The molecule has 0 unspecified atom stereocenters. The van der Waals surface area contributed by atoms with Gasteiger partial charge in [0.2, 0.25) is 0 Å². The van der Waals surface area contributed by atoms with Crippen molar-refractivity contribution >= 4 is 0 Å². The molecule has 1 saturated heterocycles. The number of fused-ring (bicyclic) bond motifs is 1. The minimum atomic E-state index is -0.365. The normalized spacial score (nSPS) is 35.0. The zero-order valence-corrected chi connectivity index (χ0v) is 15.0. The highest BCUT2D eigenvalue weighted by Gasteiger charge is 2.47. The van der Waals surface area contributed by atoms with Gasteiger partial charge in [-0.15, -0.1) is 0 Å². The molecule has 0 bridgehead atoms. The van der Waals surface area contributed by atoms with Crippen molar-refractivity contribution < 1.29 is 14.9 Å². The van der Waals surface area contributed by atoms with E-state index >= 15 is 0 Å². The van der Waals surface area contributed by atoms with Gasteiger partial charge < -0.3 is 14.9 Å². The molecular weight excluding hydrogens is 288 g/mol. The van der Waals surface area contributed by atoms with Gasteiger partial charge in [0.05, 0.1) is 24.4 Å². The molecule has 23 heavy (non-hydrogen) atoms. The monoisotopic (exact) mass is 324 g/mol. The minimum Gasteiger partial charge on any atom is -0.392 e. The minimum absolute atomic E-state index is 0.164. The number of unbranched alkanes of at least 4 members (excludes halogenated alkanes) is 4. The van der Waals surface area contributed by atoms with E-state index in [0.29, 0.717) is 12.0 Å². The van der Waals surface area contributed by atoms with E-state index in [1.54, 1.807) is 0 Å². The van der Waals surface area contributed by atoms with Crippen molar-refractivity contribution in [1.29, 1.82) is 0 Å². The van der Waals surface area contributed by atoms with Gasteiger partial charge >= 0.3 is 0 Å². The topological polar surface area (TPSA) is 49.7 Å². The molecular formula is C20H36O3. The molecule has 2 aliphatic rings. The van der Waals surface area contributed by atoms with Crippen LogP contribution in [0.3, 0.4) is 0 Å². The molecule has 2 fully saturated rings. The highest BCUT2D eigenvalue weighted by Crippen LogP contribution is 2.45. The summed E-state index contributed by atoms with van der Waals surface area (Å²) in [5.74, 6) is 0.604. The fourth-order valence-electron chi connectivity index (χ4n) is 4.21. The van der Waals surface area contributed by atoms with Crippen LogP contribution in [0.15, 0.2) is 12.2 Å². The maximum Gasteiger partial charge on any atom is 0.0721 e. The smallest absolute Gasteiger partial charge is 0.0721 e. The average Bonchev–Trinajstić information content (AvgIpc) is 3.02. The fourth-order valence-corrected chi connectivity index (χ4v) is 4.21. The van der Waals surface area contributed by atoms with E-state index in [2.05, 4.69) is 19.9 Å². The first-order valence-corrected chi connectivity index (χ1v) is 9.85. The second kappa shape index (κ2) is 9.80. The molecule has 6 atom stereocenters. The molecule has 0 radical (unpaired) electrons. The summed E-state index contributed by atoms with van der Waals surface area (Å²) in [4.78, 5) is 0. The fraction of sp³-hybridized carbons (Fsp3) is 0.900. The lowest BCUT2D eigenvalue weighted by Crippen LogP contribution is -2.19. The van der Waals surface area contributed by atoms with Crippen molar-refractivity contribution in [1.82, 2.24) is 0 Å². The zero-order valence-electron chi connectivity index (χ0n) is 15.0. The van der Waals surface area contributed by atoms with Gasteiger partial charge in [-0.3, -0.25) is 0 Å². The SMILES string of the molecule is CCCCC[C@H]1C[C@@H]2[C@@H](C=C[C@@H](O)CCCCC)[C@H](O)C[C@@H]2O1. The van der Waals surface area contributed by atoms with E-state index in [1.807, 2.05) is 6.08 Å². The second-order valence-electron chi connectivity index (χ2n) is 7.52. The molecule has 3 heteroatoms. The molecule has 2 rings (SSSR count). The third-order valence-electron chi connectivity index (χ3n) is 5.58. The molecule has 3 nitrogen and oxygen atoms in total. The van der Waals surface area contributed by atoms with Crippen molar-refractivity contribution in [2.45, 2.75) is 102 Å². The molecule has 134 valence electrons. The van der Waals surface area contributed by atoms with Crippen LogP contribution >= 0.6 is 0 Å². The van der Waals surface area contributed by atoms with E-state index in [1.165, 1.54) is 32.1 Å². The molecule has 0 spiro atoms. The molecule has 0 aromatic rings. The number of aliphatic hydroxyl groups is 2. The van der Waals surface area contributed by atoms with Crippen molar-refractivity contribution in [2.24, 2.45) is 11.8 Å². The van der Waals surface area contributed by atoms with Crippen LogP contribution in [0.25, 0.3) is 0 Å². The van der Waals surface area contributed by atoms with Gasteiger partial charge in [0.1, 0.15) is 0 Å². The van der Waals surface area contributed by atoms with Crippen molar-refractivity contribution in [2.75, 3.05) is 0 Å². The van der Waals surface area contributed by atoms with Crippen LogP contribution in [0.2, 0.25) is 0 Å². The number of hydrogen-bond acceptors (Lipinski definition) is 3. The summed E-state index contributed by atoms with van der Waals surface area (Å²) in [6.45, 7) is 4.40. The number of hydrogen-bond donors (Lipinski definition) is 2. The first-order chi connectivity index (χ1) is 11.2. The van der Waals surface area contributed by atoms with Crippen molar-refractivity contribution in [3.63, 3.8) is 0 Å². The first-order valence-electron chi connectivity index (χ1n) is 9.85. The van der Waals surface area contributed by atoms with Gasteiger partial charge in [-0.1, -0.05) is 64.5 Å². The first kappa shape index (κ1) is 19.0. The van der Waals surface area contributed by atoms with E-state index in [9.17, 15) is 10.2 Å². The Morgan fingerprint density at radius 2 is 1.83 bits per heavy atom. The summed E-state index contributed by atoms with van der Waals surface area (Å²) < 4.78 is 6.16. The Hall–Kier alpha value is -0.380. The summed E-state index contributed by atoms with van der Waals surface area (Å²) in [6, 6.07) is 0. The third kappa shape index (κ3) is 5.58. The summed E-state index contributed by atoms with van der Waals surface area (Å²) in [5.41, 5.74) is 0. The number of rotatable bonds is 10. The molecule has 0 aromatic heterocycles. The Balaban J connectivity index is 1.80. The summed E-state index contributed by atoms with van der Waals surface area (Å²) in [6.07, 6.45) is 15.0. The lowest BCUT2D eigenvalue weighted by molar-refractivity contribution is 0.0233. The van der Waals surface area contributed by atoms with Crippen LogP contribution in [0.5, 0.6) is 0 Å². The number of aliphatic hydroxyl groups excluding tert-OH is 2. The highest BCUT2D eigenvalue weighted by molar-refractivity contribution is 5.07. The van der Waals surface area contributed by atoms with Crippen LogP contribution < -0.4 is 0 Å². The van der Waals surface area contributed by atoms with E-state index in [0.717, 1.165) is 32.1 Å². The maximum absolute atomic E-state index is 10.3. The van der Waals surface area contributed by atoms with Crippen LogP contribution in [-0.4, -0.2) is 34.6 Å². The van der Waals surface area contributed by atoms with Gasteiger partial charge in [0.25, 0.3) is 0 Å². The van der Waals surface area contributed by atoms with Crippen LogP contribution in [0.4, 0.5) is 0 Å². The maximum atomic E-state index is 10.3. The molecule has 0 amide bonds.